The number of nitrogens with zero attached hydrogens (tertiary/aromatic N) is 3. The number of nitrogens with two attached hydrogens (primary N) is 1. The third kappa shape index (κ3) is 3.95. The molecule has 0 bridgehead atoms. The monoisotopic (exact) mass is 507 g/mol. The number of pyridine rings is 1. The molecule has 0 aliphatic carbocycles. The largest absolute Gasteiger partial charge is 0.495 e. The zero-order chi connectivity index (χ0) is 24.7. The van der Waals surface area contributed by atoms with Crippen LogP contribution in [0.2, 0.25) is 10.0 Å². The van der Waals surface area contributed by atoms with Gasteiger partial charge in [0, 0.05) is 42.4 Å². The molecule has 0 saturated heterocycles. The molecule has 0 spiro atoms. The SMILES string of the molecule is COc1cc(OC)c(Cl)c(-c2cc3cnc(Nc4cc(F)c(F)cc4N)nc3n(C)c2=O)c1Cl. The van der Waals surface area contributed by atoms with Gasteiger partial charge in [-0.2, -0.15) is 4.98 Å². The molecular formula is C22H17Cl2F2N5O3. The molecule has 0 amide bonds. The van der Waals surface area contributed by atoms with E-state index in [0.29, 0.717) is 5.39 Å². The summed E-state index contributed by atoms with van der Waals surface area (Å²) in [6, 6.07) is 4.79. The molecular weight excluding hydrogens is 491 g/mol. The van der Waals surface area contributed by atoms with Crippen molar-refractivity contribution in [2.75, 3.05) is 25.3 Å². The fourth-order valence-corrected chi connectivity index (χ4v) is 4.10. The summed E-state index contributed by atoms with van der Waals surface area (Å²) in [6.07, 6.45) is 1.45. The van der Waals surface area contributed by atoms with Gasteiger partial charge < -0.3 is 20.5 Å². The fraction of sp³-hybridized carbons (Fsp3) is 0.136. The number of hydrogen-bond acceptors (Lipinski definition) is 7. The molecule has 34 heavy (non-hydrogen) atoms. The van der Waals surface area contributed by atoms with Crippen molar-refractivity contribution in [3.63, 3.8) is 0 Å². The summed E-state index contributed by atoms with van der Waals surface area (Å²) in [4.78, 5) is 21.8. The summed E-state index contributed by atoms with van der Waals surface area (Å²) in [7, 11) is 4.37. The Hall–Kier alpha value is -3.63. The Kier molecular flexibility index (Phi) is 6.20. The Morgan fingerprint density at radius 3 is 2.26 bits per heavy atom. The number of nitrogen functional groups attached to an aromatic ring is 1. The lowest BCUT2D eigenvalue weighted by Gasteiger charge is -2.16. The third-order valence-electron chi connectivity index (χ3n) is 5.13. The Morgan fingerprint density at radius 1 is 1.03 bits per heavy atom. The number of benzene rings is 2. The molecule has 4 aromatic rings. The second-order valence-electron chi connectivity index (χ2n) is 7.16. The van der Waals surface area contributed by atoms with Crippen LogP contribution >= 0.6 is 23.2 Å². The van der Waals surface area contributed by atoms with Crippen molar-refractivity contribution in [3.05, 3.63) is 62.5 Å². The van der Waals surface area contributed by atoms with E-state index in [2.05, 4.69) is 15.3 Å². The van der Waals surface area contributed by atoms with Gasteiger partial charge in [-0.25, -0.2) is 13.8 Å². The zero-order valence-electron chi connectivity index (χ0n) is 18.0. The summed E-state index contributed by atoms with van der Waals surface area (Å²) < 4.78 is 38.8. The molecule has 3 N–H and O–H groups in total. The molecule has 8 nitrogen and oxygen atoms in total. The molecule has 0 fully saturated rings. The van der Waals surface area contributed by atoms with Crippen molar-refractivity contribution in [2.24, 2.45) is 7.05 Å². The zero-order valence-corrected chi connectivity index (χ0v) is 19.6. The number of halogens is 4. The summed E-state index contributed by atoms with van der Waals surface area (Å²) >= 11 is 13.0. The number of aryl methyl sites for hydroxylation is 1. The predicted octanol–water partition coefficient (Wildman–Crippen LogP) is 4.92. The molecule has 176 valence electrons. The number of nitrogens with one attached hydrogen (secondary N) is 1. The second-order valence-corrected chi connectivity index (χ2v) is 7.91. The first-order chi connectivity index (χ1) is 16.2. The average Bonchev–Trinajstić information content (AvgIpc) is 2.81. The van der Waals surface area contributed by atoms with Gasteiger partial charge in [-0.1, -0.05) is 23.2 Å². The van der Waals surface area contributed by atoms with Crippen LogP contribution in [0.4, 0.5) is 26.1 Å². The molecule has 4 rings (SSSR count). The van der Waals surface area contributed by atoms with Crippen LogP contribution in [0.15, 0.2) is 35.3 Å². The van der Waals surface area contributed by atoms with Gasteiger partial charge in [-0.3, -0.25) is 9.36 Å². The fourth-order valence-electron chi connectivity index (χ4n) is 3.40. The van der Waals surface area contributed by atoms with E-state index in [9.17, 15) is 13.6 Å². The molecule has 2 heterocycles. The van der Waals surface area contributed by atoms with Crippen molar-refractivity contribution in [1.29, 1.82) is 0 Å². The minimum Gasteiger partial charge on any atom is -0.495 e. The van der Waals surface area contributed by atoms with E-state index in [4.69, 9.17) is 38.4 Å². The van der Waals surface area contributed by atoms with Crippen LogP contribution < -0.4 is 26.1 Å². The summed E-state index contributed by atoms with van der Waals surface area (Å²) in [5.41, 5.74) is 5.99. The normalized spacial score (nSPS) is 11.0. The maximum absolute atomic E-state index is 13.6. The van der Waals surface area contributed by atoms with Crippen molar-refractivity contribution >= 4 is 51.6 Å². The molecule has 0 saturated carbocycles. The van der Waals surface area contributed by atoms with Crippen molar-refractivity contribution in [1.82, 2.24) is 14.5 Å². The van der Waals surface area contributed by atoms with Gasteiger partial charge in [0.25, 0.3) is 5.56 Å². The third-order valence-corrected chi connectivity index (χ3v) is 5.88. The van der Waals surface area contributed by atoms with Gasteiger partial charge in [0.1, 0.15) is 17.1 Å². The van der Waals surface area contributed by atoms with Crippen LogP contribution in [0.5, 0.6) is 11.5 Å². The number of ether oxygens (including phenoxy) is 2. The maximum atomic E-state index is 13.6. The van der Waals surface area contributed by atoms with Gasteiger partial charge in [0.15, 0.2) is 11.6 Å². The van der Waals surface area contributed by atoms with Crippen molar-refractivity contribution in [3.8, 4) is 22.6 Å². The predicted molar refractivity (Wildman–Crippen MR) is 127 cm³/mol. The highest BCUT2D eigenvalue weighted by Gasteiger charge is 2.22. The molecule has 0 aliphatic rings. The molecule has 0 unspecified atom stereocenters. The number of hydrogen-bond donors (Lipinski definition) is 2. The highest BCUT2D eigenvalue weighted by Crippen LogP contribution is 2.45. The molecule has 2 aromatic heterocycles. The van der Waals surface area contributed by atoms with Crippen LogP contribution in [0.25, 0.3) is 22.2 Å². The van der Waals surface area contributed by atoms with Crippen molar-refractivity contribution < 1.29 is 18.3 Å². The second kappa shape index (κ2) is 8.96. The standard InChI is InChI=1S/C22H17Cl2F2N5O3/c1-31-20-9(8-28-22(30-20)29-14-6-12(26)11(25)5-13(14)27)4-10(21(31)32)17-18(23)15(33-2)7-16(34-3)19(17)24/h4-8H,27H2,1-3H3,(H,28,29,30). The molecule has 0 radical (unpaired) electrons. The molecule has 0 aliphatic heterocycles. The van der Waals surface area contributed by atoms with Crippen LogP contribution in [0, 0.1) is 11.6 Å². The smallest absolute Gasteiger partial charge is 0.259 e. The average molecular weight is 508 g/mol. The Bertz CT molecular complexity index is 1480. The van der Waals surface area contributed by atoms with Gasteiger partial charge in [0.05, 0.1) is 41.2 Å². The van der Waals surface area contributed by atoms with Crippen LogP contribution in [-0.4, -0.2) is 28.8 Å². The van der Waals surface area contributed by atoms with E-state index in [1.165, 1.54) is 38.1 Å². The van der Waals surface area contributed by atoms with E-state index in [1.54, 1.807) is 6.07 Å². The van der Waals surface area contributed by atoms with E-state index in [1.807, 2.05) is 0 Å². The Morgan fingerprint density at radius 2 is 1.65 bits per heavy atom. The first kappa shape index (κ1) is 23.5. The van der Waals surface area contributed by atoms with Gasteiger partial charge in [-0.05, 0) is 6.07 Å². The van der Waals surface area contributed by atoms with Gasteiger partial charge >= 0.3 is 0 Å². The summed E-state index contributed by atoms with van der Waals surface area (Å²) in [5, 5.41) is 3.48. The van der Waals surface area contributed by atoms with Gasteiger partial charge in [-0.15, -0.1) is 0 Å². The number of rotatable bonds is 5. The lowest BCUT2D eigenvalue weighted by molar-refractivity contribution is 0.395. The van der Waals surface area contributed by atoms with Crippen LogP contribution in [-0.2, 0) is 7.05 Å². The number of aromatic nitrogens is 3. The van der Waals surface area contributed by atoms with Crippen LogP contribution in [0.3, 0.4) is 0 Å². The highest BCUT2D eigenvalue weighted by molar-refractivity contribution is 6.41. The van der Waals surface area contributed by atoms with E-state index < -0.39 is 17.2 Å². The highest BCUT2D eigenvalue weighted by atomic mass is 35.5. The minimum atomic E-state index is -1.09. The summed E-state index contributed by atoms with van der Waals surface area (Å²) in [5.74, 6) is -1.59. The Labute approximate surface area is 201 Å². The summed E-state index contributed by atoms with van der Waals surface area (Å²) in [6.45, 7) is 0. The van der Waals surface area contributed by atoms with Crippen molar-refractivity contribution in [2.45, 2.75) is 0 Å². The van der Waals surface area contributed by atoms with E-state index >= 15 is 0 Å². The molecule has 0 atom stereocenters. The molecule has 12 heteroatoms. The lowest BCUT2D eigenvalue weighted by atomic mass is 10.0. The van der Waals surface area contributed by atoms with Gasteiger partial charge in [0.2, 0.25) is 5.95 Å². The van der Waals surface area contributed by atoms with E-state index in [0.717, 1.165) is 12.1 Å². The quantitative estimate of drug-likeness (QED) is 0.369. The van der Waals surface area contributed by atoms with E-state index in [-0.39, 0.29) is 55.6 Å². The topological polar surface area (TPSA) is 104 Å². The number of anilines is 3. The number of methoxy groups -OCH3 is 2. The maximum Gasteiger partial charge on any atom is 0.259 e. The molecule has 2 aromatic carbocycles. The minimum absolute atomic E-state index is 0.0204. The Balaban J connectivity index is 1.87. The van der Waals surface area contributed by atoms with Crippen LogP contribution in [0.1, 0.15) is 0 Å². The lowest BCUT2D eigenvalue weighted by Crippen LogP contribution is -2.20. The number of fused-ring (bicyclic) bond motifs is 1. The first-order valence-corrected chi connectivity index (χ1v) is 10.4. The first-order valence-electron chi connectivity index (χ1n) is 9.64.